The SMILES string of the molecule is COC(=O)c1c(N)c2ccc(C(F)(F)F)cc2n(-c2cccc(N)n2)c1=O. The van der Waals surface area contributed by atoms with Crippen molar-refractivity contribution in [2.75, 3.05) is 18.6 Å². The summed E-state index contributed by atoms with van der Waals surface area (Å²) in [6, 6.07) is 6.94. The highest BCUT2D eigenvalue weighted by atomic mass is 19.4. The molecule has 0 amide bonds. The van der Waals surface area contributed by atoms with Gasteiger partial charge in [-0.05, 0) is 24.3 Å². The number of fused-ring (bicyclic) bond motifs is 1. The molecule has 0 fully saturated rings. The smallest absolute Gasteiger partial charge is 0.416 e. The van der Waals surface area contributed by atoms with Crippen molar-refractivity contribution < 1.29 is 22.7 Å². The fourth-order valence-electron chi connectivity index (χ4n) is 2.68. The molecule has 0 saturated carbocycles. The number of halogens is 3. The minimum absolute atomic E-state index is 0.0379. The highest BCUT2D eigenvalue weighted by Gasteiger charge is 2.32. The van der Waals surface area contributed by atoms with E-state index in [4.69, 9.17) is 11.5 Å². The molecule has 0 spiro atoms. The number of hydrogen-bond donors (Lipinski definition) is 2. The number of alkyl halides is 3. The molecule has 0 unspecified atom stereocenters. The number of ether oxygens (including phenoxy) is 1. The summed E-state index contributed by atoms with van der Waals surface area (Å²) in [6.07, 6.45) is -4.64. The number of carbonyl (C=O) groups excluding carboxylic acids is 1. The number of aromatic nitrogens is 2. The molecule has 1 aromatic carbocycles. The van der Waals surface area contributed by atoms with Crippen LogP contribution in [0.3, 0.4) is 0 Å². The van der Waals surface area contributed by atoms with E-state index < -0.39 is 28.8 Å². The van der Waals surface area contributed by atoms with E-state index >= 15 is 0 Å². The maximum absolute atomic E-state index is 13.1. The topological polar surface area (TPSA) is 113 Å². The van der Waals surface area contributed by atoms with Gasteiger partial charge in [0.05, 0.1) is 23.9 Å². The summed E-state index contributed by atoms with van der Waals surface area (Å²) in [5, 5.41) is 0.0622. The van der Waals surface area contributed by atoms with Gasteiger partial charge in [0, 0.05) is 5.39 Å². The predicted molar refractivity (Wildman–Crippen MR) is 92.5 cm³/mol. The van der Waals surface area contributed by atoms with Crippen LogP contribution in [-0.4, -0.2) is 22.6 Å². The molecular formula is C17H13F3N4O3. The van der Waals surface area contributed by atoms with Crippen LogP contribution in [0.1, 0.15) is 15.9 Å². The number of pyridine rings is 2. The normalized spacial score (nSPS) is 11.6. The van der Waals surface area contributed by atoms with Crippen molar-refractivity contribution in [2.24, 2.45) is 0 Å². The number of nitrogens with two attached hydrogens (primary N) is 2. The summed E-state index contributed by atoms with van der Waals surface area (Å²) in [6.45, 7) is 0. The van der Waals surface area contributed by atoms with Gasteiger partial charge < -0.3 is 16.2 Å². The third-order valence-corrected chi connectivity index (χ3v) is 3.92. The fraction of sp³-hybridized carbons (Fsp3) is 0.118. The second kappa shape index (κ2) is 6.31. The molecule has 0 radical (unpaired) electrons. The zero-order valence-corrected chi connectivity index (χ0v) is 13.9. The molecule has 3 aromatic rings. The van der Waals surface area contributed by atoms with Gasteiger partial charge in [-0.2, -0.15) is 13.2 Å². The predicted octanol–water partition coefficient (Wildman–Crippen LogP) is 2.36. The zero-order chi connectivity index (χ0) is 19.9. The Morgan fingerprint density at radius 3 is 2.48 bits per heavy atom. The number of rotatable bonds is 2. The third kappa shape index (κ3) is 3.05. The van der Waals surface area contributed by atoms with E-state index in [1.807, 2.05) is 0 Å². The lowest BCUT2D eigenvalue weighted by Crippen LogP contribution is -2.29. The van der Waals surface area contributed by atoms with E-state index in [0.717, 1.165) is 29.9 Å². The first-order valence-corrected chi connectivity index (χ1v) is 7.52. The van der Waals surface area contributed by atoms with Crippen molar-refractivity contribution in [2.45, 2.75) is 6.18 Å². The van der Waals surface area contributed by atoms with Crippen LogP contribution >= 0.6 is 0 Å². The number of nitrogens with zero attached hydrogens (tertiary/aromatic N) is 2. The van der Waals surface area contributed by atoms with Gasteiger partial charge in [0.2, 0.25) is 0 Å². The van der Waals surface area contributed by atoms with Crippen LogP contribution in [0.25, 0.3) is 16.7 Å². The van der Waals surface area contributed by atoms with E-state index in [1.165, 1.54) is 18.2 Å². The second-order valence-corrected chi connectivity index (χ2v) is 5.57. The quantitative estimate of drug-likeness (QED) is 0.662. The van der Waals surface area contributed by atoms with Crippen LogP contribution in [-0.2, 0) is 10.9 Å². The number of anilines is 2. The summed E-state index contributed by atoms with van der Waals surface area (Å²) in [5.41, 5.74) is 8.60. The van der Waals surface area contributed by atoms with E-state index in [9.17, 15) is 22.8 Å². The number of benzene rings is 1. The molecule has 0 aliphatic carbocycles. The first-order valence-electron chi connectivity index (χ1n) is 7.52. The lowest BCUT2D eigenvalue weighted by molar-refractivity contribution is -0.137. The minimum Gasteiger partial charge on any atom is -0.465 e. The van der Waals surface area contributed by atoms with Crippen molar-refractivity contribution in [3.63, 3.8) is 0 Å². The van der Waals surface area contributed by atoms with Gasteiger partial charge in [0.25, 0.3) is 5.56 Å². The molecule has 0 aliphatic heterocycles. The number of esters is 1. The monoisotopic (exact) mass is 378 g/mol. The highest BCUT2D eigenvalue weighted by molar-refractivity contribution is 6.04. The van der Waals surface area contributed by atoms with Gasteiger partial charge in [-0.25, -0.2) is 9.78 Å². The summed E-state index contributed by atoms with van der Waals surface area (Å²) >= 11 is 0. The molecule has 3 rings (SSSR count). The zero-order valence-electron chi connectivity index (χ0n) is 13.9. The number of methoxy groups -OCH3 is 1. The first kappa shape index (κ1) is 18.2. The lowest BCUT2D eigenvalue weighted by Gasteiger charge is -2.16. The maximum Gasteiger partial charge on any atom is 0.416 e. The average molecular weight is 378 g/mol. The van der Waals surface area contributed by atoms with Gasteiger partial charge in [-0.1, -0.05) is 12.1 Å². The molecule has 2 heterocycles. The largest absolute Gasteiger partial charge is 0.465 e. The van der Waals surface area contributed by atoms with Crippen LogP contribution in [0.15, 0.2) is 41.2 Å². The Bertz CT molecular complexity index is 1120. The Morgan fingerprint density at radius 1 is 1.19 bits per heavy atom. The van der Waals surface area contributed by atoms with E-state index in [2.05, 4.69) is 9.72 Å². The highest BCUT2D eigenvalue weighted by Crippen LogP contribution is 2.33. The third-order valence-electron chi connectivity index (χ3n) is 3.92. The van der Waals surface area contributed by atoms with Crippen LogP contribution in [0.4, 0.5) is 24.7 Å². The van der Waals surface area contributed by atoms with E-state index in [-0.39, 0.29) is 28.2 Å². The van der Waals surface area contributed by atoms with Gasteiger partial charge in [-0.3, -0.25) is 9.36 Å². The lowest BCUT2D eigenvalue weighted by atomic mass is 10.1. The summed E-state index contributed by atoms with van der Waals surface area (Å²) < 4.78 is 44.9. The number of hydrogen-bond acceptors (Lipinski definition) is 6. The Morgan fingerprint density at radius 2 is 1.89 bits per heavy atom. The molecule has 7 nitrogen and oxygen atoms in total. The van der Waals surface area contributed by atoms with Crippen molar-refractivity contribution >= 4 is 28.4 Å². The van der Waals surface area contributed by atoms with E-state index in [1.54, 1.807) is 0 Å². The summed E-state index contributed by atoms with van der Waals surface area (Å²) in [4.78, 5) is 28.9. The Kier molecular flexibility index (Phi) is 4.26. The molecule has 4 N–H and O–H groups in total. The molecule has 27 heavy (non-hydrogen) atoms. The number of carbonyl (C=O) groups is 1. The van der Waals surface area contributed by atoms with Gasteiger partial charge in [-0.15, -0.1) is 0 Å². The summed E-state index contributed by atoms with van der Waals surface area (Å²) in [5.74, 6) is -1.04. The van der Waals surface area contributed by atoms with Gasteiger partial charge >= 0.3 is 12.1 Å². The summed E-state index contributed by atoms with van der Waals surface area (Å²) in [7, 11) is 1.06. The molecule has 0 aliphatic rings. The maximum atomic E-state index is 13.1. The number of nitrogen functional groups attached to an aromatic ring is 2. The van der Waals surface area contributed by atoms with Crippen molar-refractivity contribution in [1.82, 2.24) is 9.55 Å². The van der Waals surface area contributed by atoms with Crippen LogP contribution < -0.4 is 17.0 Å². The Hall–Kier alpha value is -3.56. The van der Waals surface area contributed by atoms with Crippen LogP contribution in [0.2, 0.25) is 0 Å². The molecule has 0 atom stereocenters. The van der Waals surface area contributed by atoms with Crippen molar-refractivity contribution in [1.29, 1.82) is 0 Å². The van der Waals surface area contributed by atoms with Crippen molar-refractivity contribution in [3.8, 4) is 5.82 Å². The standard InChI is InChI=1S/C17H13F3N4O3/c1-27-16(26)13-14(22)9-6-5-8(17(18,19)20)7-10(9)24(15(13)25)12-4-2-3-11(21)23-12/h2-7H,22H2,1H3,(H2,21,23). The van der Waals surface area contributed by atoms with Gasteiger partial charge in [0.15, 0.2) is 0 Å². The fourth-order valence-corrected chi connectivity index (χ4v) is 2.68. The first-order chi connectivity index (χ1) is 12.6. The molecule has 2 aromatic heterocycles. The molecule has 140 valence electrons. The molecule has 0 saturated heterocycles. The molecule has 10 heteroatoms. The van der Waals surface area contributed by atoms with Crippen LogP contribution in [0, 0.1) is 0 Å². The minimum atomic E-state index is -4.64. The Labute approximate surface area is 150 Å². The second-order valence-electron chi connectivity index (χ2n) is 5.57. The van der Waals surface area contributed by atoms with Crippen molar-refractivity contribution in [3.05, 3.63) is 57.9 Å². The van der Waals surface area contributed by atoms with Gasteiger partial charge in [0.1, 0.15) is 17.2 Å². The average Bonchev–Trinajstić information content (AvgIpc) is 2.60. The molecule has 0 bridgehead atoms. The Balaban J connectivity index is 2.52. The van der Waals surface area contributed by atoms with Crippen LogP contribution in [0.5, 0.6) is 0 Å². The van der Waals surface area contributed by atoms with E-state index in [0.29, 0.717) is 0 Å². The molecular weight excluding hydrogens is 365 g/mol.